The molecule has 0 amide bonds. The molecule has 1 aromatic rings. The Labute approximate surface area is 65.0 Å². The van der Waals surface area contributed by atoms with E-state index in [0.717, 1.165) is 11.3 Å². The Kier molecular flexibility index (Phi) is 1.98. The molecule has 0 atom stereocenters. The summed E-state index contributed by atoms with van der Waals surface area (Å²) in [5.74, 6) is 0.600. The molecular weight excluding hydrogens is 144 g/mol. The number of esters is 1. The van der Waals surface area contributed by atoms with Crippen LogP contribution in [0.5, 0.6) is 0 Å². The zero-order valence-corrected chi connectivity index (χ0v) is 6.80. The maximum atomic E-state index is 10.9. The van der Waals surface area contributed by atoms with Crippen LogP contribution in [0.1, 0.15) is 21.9 Å². The lowest BCUT2D eigenvalue weighted by Gasteiger charge is -1.93. The molecule has 0 bridgehead atoms. The van der Waals surface area contributed by atoms with Crippen LogP contribution in [0.4, 0.5) is 0 Å². The predicted octanol–water partition coefficient (Wildman–Crippen LogP) is 1.68. The van der Waals surface area contributed by atoms with Crippen LogP contribution in [-0.4, -0.2) is 13.1 Å². The second-order valence-electron chi connectivity index (χ2n) is 2.36. The maximum Gasteiger partial charge on any atom is 0.374 e. The highest BCUT2D eigenvalue weighted by Crippen LogP contribution is 2.13. The van der Waals surface area contributed by atoms with E-state index in [1.807, 2.05) is 6.92 Å². The first-order valence-electron chi connectivity index (χ1n) is 3.30. The van der Waals surface area contributed by atoms with Crippen LogP contribution < -0.4 is 0 Å². The molecule has 0 aromatic carbocycles. The molecular formula is C8H10O3. The molecule has 0 saturated carbocycles. The summed E-state index contributed by atoms with van der Waals surface area (Å²) in [6, 6.07) is 1.80. The van der Waals surface area contributed by atoms with Crippen LogP contribution in [0.2, 0.25) is 0 Å². The SMILES string of the molecule is COC(=O)c1oc(C)cc1C. The molecule has 0 aliphatic carbocycles. The van der Waals surface area contributed by atoms with E-state index < -0.39 is 5.97 Å². The van der Waals surface area contributed by atoms with Gasteiger partial charge in [-0.05, 0) is 19.9 Å². The Morgan fingerprint density at radius 2 is 2.18 bits per heavy atom. The number of aryl methyl sites for hydroxylation is 2. The lowest BCUT2D eigenvalue weighted by atomic mass is 10.3. The van der Waals surface area contributed by atoms with Crippen molar-refractivity contribution in [2.24, 2.45) is 0 Å². The molecule has 0 aliphatic rings. The average Bonchev–Trinajstić information content (AvgIpc) is 2.28. The summed E-state index contributed by atoms with van der Waals surface area (Å²) in [5.41, 5.74) is 0.814. The molecule has 0 fully saturated rings. The zero-order valence-electron chi connectivity index (χ0n) is 6.80. The van der Waals surface area contributed by atoms with Crippen molar-refractivity contribution < 1.29 is 13.9 Å². The van der Waals surface area contributed by atoms with Crippen molar-refractivity contribution in [3.8, 4) is 0 Å². The van der Waals surface area contributed by atoms with E-state index in [1.165, 1.54) is 7.11 Å². The van der Waals surface area contributed by atoms with E-state index in [9.17, 15) is 4.79 Å². The zero-order chi connectivity index (χ0) is 8.43. The maximum absolute atomic E-state index is 10.9. The summed E-state index contributed by atoms with van der Waals surface area (Å²) >= 11 is 0. The number of methoxy groups -OCH3 is 1. The summed E-state index contributed by atoms with van der Waals surface area (Å²) in [4.78, 5) is 10.9. The number of rotatable bonds is 1. The first-order chi connectivity index (χ1) is 5.15. The van der Waals surface area contributed by atoms with Crippen LogP contribution in [0.3, 0.4) is 0 Å². The van der Waals surface area contributed by atoms with Crippen LogP contribution in [0, 0.1) is 13.8 Å². The van der Waals surface area contributed by atoms with Gasteiger partial charge in [-0.1, -0.05) is 0 Å². The molecule has 60 valence electrons. The average molecular weight is 154 g/mol. The largest absolute Gasteiger partial charge is 0.463 e. The molecule has 0 unspecified atom stereocenters. The minimum Gasteiger partial charge on any atom is -0.463 e. The Balaban J connectivity index is 3.03. The number of carbonyl (C=O) groups is 1. The number of furan rings is 1. The number of hydrogen-bond acceptors (Lipinski definition) is 3. The summed E-state index contributed by atoms with van der Waals surface area (Å²) in [7, 11) is 1.33. The molecule has 1 heterocycles. The van der Waals surface area contributed by atoms with E-state index in [0.29, 0.717) is 5.76 Å². The lowest BCUT2D eigenvalue weighted by molar-refractivity contribution is 0.0562. The van der Waals surface area contributed by atoms with Crippen LogP contribution >= 0.6 is 0 Å². The van der Waals surface area contributed by atoms with Gasteiger partial charge in [0, 0.05) is 5.56 Å². The highest BCUT2D eigenvalue weighted by atomic mass is 16.5. The van der Waals surface area contributed by atoms with Gasteiger partial charge in [-0.25, -0.2) is 4.79 Å². The van der Waals surface area contributed by atoms with E-state index in [1.54, 1.807) is 13.0 Å². The van der Waals surface area contributed by atoms with Crippen LogP contribution in [0.25, 0.3) is 0 Å². The first-order valence-corrected chi connectivity index (χ1v) is 3.30. The molecule has 11 heavy (non-hydrogen) atoms. The normalized spacial score (nSPS) is 9.73. The molecule has 0 N–H and O–H groups in total. The number of hydrogen-bond donors (Lipinski definition) is 0. The van der Waals surface area contributed by atoms with Gasteiger partial charge in [0.1, 0.15) is 5.76 Å². The quantitative estimate of drug-likeness (QED) is 0.578. The third-order valence-electron chi connectivity index (χ3n) is 1.41. The summed E-state index contributed by atoms with van der Waals surface area (Å²) in [6.07, 6.45) is 0. The predicted molar refractivity (Wildman–Crippen MR) is 39.5 cm³/mol. The third-order valence-corrected chi connectivity index (χ3v) is 1.41. The van der Waals surface area contributed by atoms with Crippen molar-refractivity contribution in [1.29, 1.82) is 0 Å². The molecule has 1 rings (SSSR count). The van der Waals surface area contributed by atoms with E-state index >= 15 is 0 Å². The minimum absolute atomic E-state index is 0.296. The van der Waals surface area contributed by atoms with Crippen molar-refractivity contribution in [1.82, 2.24) is 0 Å². The monoisotopic (exact) mass is 154 g/mol. The fourth-order valence-electron chi connectivity index (χ4n) is 0.937. The highest BCUT2D eigenvalue weighted by molar-refractivity contribution is 5.87. The second kappa shape index (κ2) is 2.78. The fourth-order valence-corrected chi connectivity index (χ4v) is 0.937. The van der Waals surface area contributed by atoms with Gasteiger partial charge in [0.15, 0.2) is 0 Å². The van der Waals surface area contributed by atoms with Crippen molar-refractivity contribution in [3.63, 3.8) is 0 Å². The second-order valence-corrected chi connectivity index (χ2v) is 2.36. The van der Waals surface area contributed by atoms with Crippen molar-refractivity contribution >= 4 is 5.97 Å². The highest BCUT2D eigenvalue weighted by Gasteiger charge is 2.13. The molecule has 0 aliphatic heterocycles. The Bertz CT molecular complexity index is 273. The standard InChI is InChI=1S/C8H10O3/c1-5-4-6(2)11-7(5)8(9)10-3/h4H,1-3H3. The van der Waals surface area contributed by atoms with E-state index in [-0.39, 0.29) is 0 Å². The molecule has 1 aromatic heterocycles. The fraction of sp³-hybridized carbons (Fsp3) is 0.375. The van der Waals surface area contributed by atoms with Crippen LogP contribution in [-0.2, 0) is 4.74 Å². The van der Waals surface area contributed by atoms with Gasteiger partial charge in [0.05, 0.1) is 7.11 Å². The van der Waals surface area contributed by atoms with Crippen LogP contribution in [0.15, 0.2) is 10.5 Å². The number of carbonyl (C=O) groups excluding carboxylic acids is 1. The smallest absolute Gasteiger partial charge is 0.374 e. The Morgan fingerprint density at radius 3 is 2.55 bits per heavy atom. The molecule has 0 saturated heterocycles. The van der Waals surface area contributed by atoms with Gasteiger partial charge in [-0.15, -0.1) is 0 Å². The van der Waals surface area contributed by atoms with Gasteiger partial charge < -0.3 is 9.15 Å². The van der Waals surface area contributed by atoms with Gasteiger partial charge >= 0.3 is 5.97 Å². The van der Waals surface area contributed by atoms with Gasteiger partial charge in [0.2, 0.25) is 5.76 Å². The van der Waals surface area contributed by atoms with Gasteiger partial charge in [-0.3, -0.25) is 0 Å². The van der Waals surface area contributed by atoms with Gasteiger partial charge in [-0.2, -0.15) is 0 Å². The molecule has 3 heteroatoms. The van der Waals surface area contributed by atoms with Crippen molar-refractivity contribution in [2.75, 3.05) is 7.11 Å². The van der Waals surface area contributed by atoms with E-state index in [4.69, 9.17) is 4.42 Å². The van der Waals surface area contributed by atoms with Crippen molar-refractivity contribution in [2.45, 2.75) is 13.8 Å². The minimum atomic E-state index is -0.421. The number of ether oxygens (including phenoxy) is 1. The Hall–Kier alpha value is -1.25. The third kappa shape index (κ3) is 1.42. The summed E-state index contributed by atoms with van der Waals surface area (Å²) in [6.45, 7) is 3.60. The Morgan fingerprint density at radius 1 is 1.55 bits per heavy atom. The topological polar surface area (TPSA) is 39.4 Å². The molecule has 3 nitrogen and oxygen atoms in total. The van der Waals surface area contributed by atoms with Crippen molar-refractivity contribution in [3.05, 3.63) is 23.2 Å². The van der Waals surface area contributed by atoms with E-state index in [2.05, 4.69) is 4.74 Å². The summed E-state index contributed by atoms with van der Waals surface area (Å²) < 4.78 is 9.59. The summed E-state index contributed by atoms with van der Waals surface area (Å²) in [5, 5.41) is 0. The van der Waals surface area contributed by atoms with Gasteiger partial charge in [0.25, 0.3) is 0 Å². The molecule has 0 radical (unpaired) electrons. The first kappa shape index (κ1) is 7.85. The lowest BCUT2D eigenvalue weighted by Crippen LogP contribution is -2.00. The molecule has 0 spiro atoms.